The third-order valence-corrected chi connectivity index (χ3v) is 4.96. The summed E-state index contributed by atoms with van der Waals surface area (Å²) in [7, 11) is 0. The Morgan fingerprint density at radius 2 is 1.56 bits per heavy atom. The second kappa shape index (κ2) is 4.51. The minimum absolute atomic E-state index is 0.811. The number of aromatic nitrogens is 4. The van der Waals surface area contributed by atoms with E-state index in [0.717, 1.165) is 27.8 Å². The van der Waals surface area contributed by atoms with Gasteiger partial charge in [0.25, 0.3) is 0 Å². The minimum atomic E-state index is 0.811. The smallest absolute Gasteiger partial charge is 0.212 e. The van der Waals surface area contributed by atoms with Gasteiger partial charge in [0.05, 0.1) is 16.6 Å². The van der Waals surface area contributed by atoms with Crippen molar-refractivity contribution in [1.29, 1.82) is 0 Å². The SMILES string of the molecule is [c]1cn2c(n1)[nH]c1c(-c3cccc4c3[nH]c3ccccc34)cccc12. The number of rotatable bonds is 1. The fraction of sp³-hybridized carbons (Fsp3) is 0. The highest BCUT2D eigenvalue weighted by Gasteiger charge is 2.14. The van der Waals surface area contributed by atoms with Crippen LogP contribution in [0.15, 0.2) is 66.9 Å². The molecule has 0 amide bonds. The van der Waals surface area contributed by atoms with Crippen molar-refractivity contribution < 1.29 is 0 Å². The molecule has 0 aliphatic heterocycles. The molecule has 6 aromatic rings. The number of imidazole rings is 2. The van der Waals surface area contributed by atoms with Crippen molar-refractivity contribution in [3.8, 4) is 11.1 Å². The third kappa shape index (κ3) is 1.63. The van der Waals surface area contributed by atoms with Gasteiger partial charge < -0.3 is 9.97 Å². The molecule has 0 unspecified atom stereocenters. The summed E-state index contributed by atoms with van der Waals surface area (Å²) in [5.41, 5.74) is 6.87. The maximum Gasteiger partial charge on any atom is 0.212 e. The summed E-state index contributed by atoms with van der Waals surface area (Å²) in [5, 5.41) is 2.50. The van der Waals surface area contributed by atoms with Gasteiger partial charge in [-0.1, -0.05) is 48.5 Å². The Kier molecular flexibility index (Phi) is 2.32. The number of nitrogens with one attached hydrogen (secondary N) is 2. The number of para-hydroxylation sites is 3. The van der Waals surface area contributed by atoms with Crippen LogP contribution < -0.4 is 0 Å². The van der Waals surface area contributed by atoms with Crippen molar-refractivity contribution in [2.75, 3.05) is 0 Å². The summed E-state index contributed by atoms with van der Waals surface area (Å²) in [6.07, 6.45) is 4.75. The first-order chi connectivity index (χ1) is 12.4. The van der Waals surface area contributed by atoms with E-state index in [9.17, 15) is 0 Å². The lowest BCUT2D eigenvalue weighted by atomic mass is 10.0. The molecule has 0 fully saturated rings. The number of aromatic amines is 2. The number of H-pyrrole nitrogens is 2. The first-order valence-electron chi connectivity index (χ1n) is 8.26. The van der Waals surface area contributed by atoms with Crippen LogP contribution in [0.4, 0.5) is 0 Å². The van der Waals surface area contributed by atoms with Crippen molar-refractivity contribution in [3.05, 3.63) is 73.1 Å². The van der Waals surface area contributed by atoms with Crippen LogP contribution in [-0.2, 0) is 0 Å². The minimum Gasteiger partial charge on any atom is -0.354 e. The summed E-state index contributed by atoms with van der Waals surface area (Å²) >= 11 is 0. The molecule has 4 nitrogen and oxygen atoms in total. The van der Waals surface area contributed by atoms with Gasteiger partial charge in [0, 0.05) is 33.6 Å². The van der Waals surface area contributed by atoms with E-state index in [-0.39, 0.29) is 0 Å². The maximum atomic E-state index is 4.26. The van der Waals surface area contributed by atoms with E-state index in [0.29, 0.717) is 0 Å². The Balaban J connectivity index is 1.76. The van der Waals surface area contributed by atoms with Crippen molar-refractivity contribution in [2.24, 2.45) is 0 Å². The molecule has 117 valence electrons. The second-order valence-corrected chi connectivity index (χ2v) is 6.29. The maximum absolute atomic E-state index is 4.26. The molecule has 0 aliphatic rings. The van der Waals surface area contributed by atoms with Crippen molar-refractivity contribution in [3.63, 3.8) is 0 Å². The topological polar surface area (TPSA) is 48.9 Å². The molecule has 0 spiro atoms. The Bertz CT molecular complexity index is 1400. The fourth-order valence-corrected chi connectivity index (χ4v) is 3.84. The average Bonchev–Trinajstić information content (AvgIpc) is 3.33. The van der Waals surface area contributed by atoms with Gasteiger partial charge in [0.2, 0.25) is 5.78 Å². The van der Waals surface area contributed by atoms with Gasteiger partial charge in [0.15, 0.2) is 0 Å². The van der Waals surface area contributed by atoms with Gasteiger partial charge in [-0.25, -0.2) is 4.98 Å². The van der Waals surface area contributed by atoms with E-state index in [1.165, 1.54) is 21.9 Å². The lowest BCUT2D eigenvalue weighted by Crippen LogP contribution is -1.84. The van der Waals surface area contributed by atoms with E-state index < -0.39 is 0 Å². The molecule has 0 saturated carbocycles. The average molecular weight is 321 g/mol. The highest BCUT2D eigenvalue weighted by Crippen LogP contribution is 2.36. The van der Waals surface area contributed by atoms with Gasteiger partial charge >= 0.3 is 0 Å². The van der Waals surface area contributed by atoms with Crippen LogP contribution in [0.3, 0.4) is 0 Å². The molecule has 6 rings (SSSR count). The first kappa shape index (κ1) is 12.8. The van der Waals surface area contributed by atoms with Crippen molar-refractivity contribution in [1.82, 2.24) is 19.4 Å². The first-order valence-corrected chi connectivity index (χ1v) is 8.26. The van der Waals surface area contributed by atoms with E-state index in [4.69, 9.17) is 0 Å². The Hall–Kier alpha value is -3.53. The number of fused-ring (bicyclic) bond motifs is 6. The Morgan fingerprint density at radius 3 is 2.52 bits per heavy atom. The summed E-state index contributed by atoms with van der Waals surface area (Å²) in [4.78, 5) is 11.3. The number of hydrogen-bond acceptors (Lipinski definition) is 1. The Morgan fingerprint density at radius 1 is 0.760 bits per heavy atom. The van der Waals surface area contributed by atoms with Crippen LogP contribution >= 0.6 is 0 Å². The summed E-state index contributed by atoms with van der Waals surface area (Å²) in [6, 6.07) is 21.2. The van der Waals surface area contributed by atoms with Gasteiger partial charge in [0.1, 0.15) is 6.20 Å². The Labute approximate surface area is 142 Å². The van der Waals surface area contributed by atoms with Gasteiger partial charge in [-0.05, 0) is 12.1 Å². The van der Waals surface area contributed by atoms with E-state index in [2.05, 4.69) is 81.8 Å². The summed E-state index contributed by atoms with van der Waals surface area (Å²) < 4.78 is 2.03. The molecule has 0 bridgehead atoms. The van der Waals surface area contributed by atoms with Crippen LogP contribution in [0.2, 0.25) is 0 Å². The lowest BCUT2D eigenvalue weighted by molar-refractivity contribution is 1.25. The van der Waals surface area contributed by atoms with E-state index in [1.807, 2.05) is 10.6 Å². The van der Waals surface area contributed by atoms with E-state index >= 15 is 0 Å². The number of nitrogens with zero attached hydrogens (tertiary/aromatic N) is 2. The van der Waals surface area contributed by atoms with Crippen LogP contribution in [0.1, 0.15) is 0 Å². The van der Waals surface area contributed by atoms with Crippen molar-refractivity contribution >= 4 is 38.6 Å². The molecule has 3 heterocycles. The van der Waals surface area contributed by atoms with Crippen LogP contribution in [-0.4, -0.2) is 19.4 Å². The van der Waals surface area contributed by atoms with Crippen LogP contribution in [0, 0.1) is 6.20 Å². The highest BCUT2D eigenvalue weighted by molar-refractivity contribution is 6.13. The van der Waals surface area contributed by atoms with Gasteiger partial charge in [-0.3, -0.25) is 4.40 Å². The lowest BCUT2D eigenvalue weighted by Gasteiger charge is -2.05. The zero-order chi connectivity index (χ0) is 16.4. The molecule has 4 heteroatoms. The van der Waals surface area contributed by atoms with Gasteiger partial charge in [-0.2, -0.15) is 0 Å². The molecule has 3 aromatic carbocycles. The molecule has 0 saturated heterocycles. The molecule has 3 aromatic heterocycles. The van der Waals surface area contributed by atoms with E-state index in [1.54, 1.807) is 0 Å². The summed E-state index contributed by atoms with van der Waals surface area (Å²) in [5.74, 6) is 0.811. The quantitative estimate of drug-likeness (QED) is 0.444. The van der Waals surface area contributed by atoms with Crippen molar-refractivity contribution in [2.45, 2.75) is 0 Å². The van der Waals surface area contributed by atoms with Crippen LogP contribution in [0.5, 0.6) is 0 Å². The normalized spacial score (nSPS) is 12.0. The highest BCUT2D eigenvalue weighted by atomic mass is 15.1. The zero-order valence-electron chi connectivity index (χ0n) is 13.2. The molecule has 1 radical (unpaired) electrons. The molecular formula is C21H13N4. The molecule has 0 atom stereocenters. The molecule has 2 N–H and O–H groups in total. The fourth-order valence-electron chi connectivity index (χ4n) is 3.84. The molecule has 25 heavy (non-hydrogen) atoms. The largest absolute Gasteiger partial charge is 0.354 e. The van der Waals surface area contributed by atoms with Crippen LogP contribution in [0.25, 0.3) is 49.7 Å². The number of hydrogen-bond donors (Lipinski definition) is 2. The zero-order valence-corrected chi connectivity index (χ0v) is 13.2. The standard InChI is InChI=1S/C21H13N4/c1-2-9-17-13(5-1)14-6-3-7-15(19(14)23-17)16-8-4-10-18-20(16)24-21-22-11-12-25(18)21/h1-10,12,23H,(H,22,24). The predicted octanol–water partition coefficient (Wildman–Crippen LogP) is 4.92. The molecular weight excluding hydrogens is 308 g/mol. The summed E-state index contributed by atoms with van der Waals surface area (Å²) in [6.45, 7) is 0. The number of benzene rings is 3. The molecule has 0 aliphatic carbocycles. The predicted molar refractivity (Wildman–Crippen MR) is 101 cm³/mol. The van der Waals surface area contributed by atoms with Gasteiger partial charge in [-0.15, -0.1) is 0 Å². The third-order valence-electron chi connectivity index (χ3n) is 4.96. The second-order valence-electron chi connectivity index (χ2n) is 6.29. The monoisotopic (exact) mass is 321 g/mol.